The molecule has 0 fully saturated rings. The number of rotatable bonds is 5. The van der Waals surface area contributed by atoms with Gasteiger partial charge in [-0.05, 0) is 13.0 Å². The lowest BCUT2D eigenvalue weighted by Gasteiger charge is -2.05. The highest BCUT2D eigenvalue weighted by atomic mass is 16.5. The molecule has 0 spiro atoms. The lowest BCUT2D eigenvalue weighted by Crippen LogP contribution is -2.03. The Kier molecular flexibility index (Phi) is 4.58. The number of methoxy groups -OCH3 is 1. The van der Waals surface area contributed by atoms with Crippen molar-refractivity contribution in [2.45, 2.75) is 13.3 Å². The molecule has 0 amide bonds. The summed E-state index contributed by atoms with van der Waals surface area (Å²) in [6.07, 6.45) is 0.814. The first kappa shape index (κ1) is 11.5. The second-order valence-corrected chi connectivity index (χ2v) is 3.14. The van der Waals surface area contributed by atoms with Crippen molar-refractivity contribution in [3.8, 4) is 11.9 Å². The monoisotopic (exact) mass is 206 g/mol. The van der Waals surface area contributed by atoms with Crippen molar-refractivity contribution in [3.63, 3.8) is 0 Å². The van der Waals surface area contributed by atoms with Gasteiger partial charge in [-0.3, -0.25) is 0 Å². The van der Waals surface area contributed by atoms with E-state index in [1.165, 1.54) is 0 Å². The molecule has 0 unspecified atom stereocenters. The van der Waals surface area contributed by atoms with E-state index in [1.807, 2.05) is 6.92 Å². The Balaban J connectivity index is 2.54. The molecule has 0 aliphatic rings. The van der Waals surface area contributed by atoms with Crippen molar-refractivity contribution >= 4 is 0 Å². The molecule has 0 bridgehead atoms. The fourth-order valence-electron chi connectivity index (χ4n) is 1.16. The smallest absolute Gasteiger partial charge is 0.214 e. The van der Waals surface area contributed by atoms with Crippen molar-refractivity contribution in [1.29, 1.82) is 5.26 Å². The summed E-state index contributed by atoms with van der Waals surface area (Å²) >= 11 is 0. The molecule has 0 aromatic carbocycles. The van der Waals surface area contributed by atoms with E-state index in [1.54, 1.807) is 19.2 Å². The van der Waals surface area contributed by atoms with Crippen LogP contribution in [-0.2, 0) is 4.74 Å². The molecule has 1 rings (SSSR count). The lowest BCUT2D eigenvalue weighted by atomic mass is 10.2. The van der Waals surface area contributed by atoms with Gasteiger partial charge in [0.2, 0.25) is 5.88 Å². The standard InChI is InChI=1S/C11H14N2O2/c1-9-6-10(8-12)7-11(13-9)15-5-3-4-14-2/h6-7H,3-5H2,1-2H3. The molecule has 0 aliphatic carbocycles. The number of nitrogens with zero attached hydrogens (tertiary/aromatic N) is 2. The Morgan fingerprint density at radius 3 is 2.87 bits per heavy atom. The molecule has 4 heteroatoms. The van der Waals surface area contributed by atoms with E-state index in [9.17, 15) is 0 Å². The third kappa shape index (κ3) is 3.96. The minimum absolute atomic E-state index is 0.502. The summed E-state index contributed by atoms with van der Waals surface area (Å²) in [4.78, 5) is 4.17. The molecule has 0 N–H and O–H groups in total. The van der Waals surface area contributed by atoms with Gasteiger partial charge in [-0.1, -0.05) is 0 Å². The van der Waals surface area contributed by atoms with Gasteiger partial charge >= 0.3 is 0 Å². The van der Waals surface area contributed by atoms with Crippen LogP contribution in [0.4, 0.5) is 0 Å². The molecular weight excluding hydrogens is 192 g/mol. The molecule has 1 heterocycles. The third-order valence-electron chi connectivity index (χ3n) is 1.80. The maximum atomic E-state index is 8.74. The van der Waals surface area contributed by atoms with Gasteiger partial charge in [-0.25, -0.2) is 4.98 Å². The number of hydrogen-bond acceptors (Lipinski definition) is 4. The van der Waals surface area contributed by atoms with Gasteiger partial charge in [0.1, 0.15) is 0 Å². The number of hydrogen-bond donors (Lipinski definition) is 0. The number of pyridine rings is 1. The van der Waals surface area contributed by atoms with E-state index in [2.05, 4.69) is 11.1 Å². The average molecular weight is 206 g/mol. The van der Waals surface area contributed by atoms with Gasteiger partial charge in [-0.2, -0.15) is 5.26 Å². The van der Waals surface area contributed by atoms with Gasteiger partial charge in [0.05, 0.1) is 18.2 Å². The van der Waals surface area contributed by atoms with Crippen LogP contribution >= 0.6 is 0 Å². The molecule has 0 saturated heterocycles. The first-order valence-electron chi connectivity index (χ1n) is 4.77. The van der Waals surface area contributed by atoms with Gasteiger partial charge in [-0.15, -0.1) is 0 Å². The Bertz CT molecular complexity index is 358. The molecule has 4 nitrogen and oxygen atoms in total. The highest BCUT2D eigenvalue weighted by Gasteiger charge is 2.00. The maximum absolute atomic E-state index is 8.74. The number of aryl methyl sites for hydroxylation is 1. The summed E-state index contributed by atoms with van der Waals surface area (Å²) in [5, 5.41) is 8.74. The van der Waals surface area contributed by atoms with Crippen LogP contribution in [0.3, 0.4) is 0 Å². The average Bonchev–Trinajstić information content (AvgIpc) is 2.23. The predicted octanol–water partition coefficient (Wildman–Crippen LogP) is 1.68. The second-order valence-electron chi connectivity index (χ2n) is 3.14. The van der Waals surface area contributed by atoms with E-state index >= 15 is 0 Å². The maximum Gasteiger partial charge on any atom is 0.214 e. The van der Waals surface area contributed by atoms with Crippen molar-refractivity contribution in [1.82, 2.24) is 4.98 Å². The first-order chi connectivity index (χ1) is 7.26. The van der Waals surface area contributed by atoms with E-state index in [0.717, 1.165) is 12.1 Å². The third-order valence-corrected chi connectivity index (χ3v) is 1.80. The van der Waals surface area contributed by atoms with Gasteiger partial charge in [0.15, 0.2) is 0 Å². The van der Waals surface area contributed by atoms with E-state index in [4.69, 9.17) is 14.7 Å². The predicted molar refractivity (Wildman–Crippen MR) is 55.7 cm³/mol. The summed E-state index contributed by atoms with van der Waals surface area (Å²) in [5.74, 6) is 0.502. The normalized spacial score (nSPS) is 9.67. The zero-order valence-electron chi connectivity index (χ0n) is 8.99. The Morgan fingerprint density at radius 2 is 2.20 bits per heavy atom. The highest BCUT2D eigenvalue weighted by Crippen LogP contribution is 2.11. The minimum atomic E-state index is 0.502. The van der Waals surface area contributed by atoms with Crippen LogP contribution in [0, 0.1) is 18.3 Å². The van der Waals surface area contributed by atoms with Crippen molar-refractivity contribution in [2.24, 2.45) is 0 Å². The number of nitriles is 1. The lowest BCUT2D eigenvalue weighted by molar-refractivity contribution is 0.170. The first-order valence-corrected chi connectivity index (χ1v) is 4.77. The zero-order chi connectivity index (χ0) is 11.1. The van der Waals surface area contributed by atoms with Crippen LogP contribution in [0.5, 0.6) is 5.88 Å². The molecule has 0 atom stereocenters. The summed E-state index contributed by atoms with van der Waals surface area (Å²) in [7, 11) is 1.65. The van der Waals surface area contributed by atoms with E-state index < -0.39 is 0 Å². The molecular formula is C11H14N2O2. The summed E-state index contributed by atoms with van der Waals surface area (Å²) in [6.45, 7) is 3.05. The van der Waals surface area contributed by atoms with Crippen LogP contribution in [0.25, 0.3) is 0 Å². The molecule has 0 saturated carbocycles. The molecule has 0 radical (unpaired) electrons. The molecule has 1 aromatic heterocycles. The Morgan fingerprint density at radius 1 is 1.40 bits per heavy atom. The fourth-order valence-corrected chi connectivity index (χ4v) is 1.16. The SMILES string of the molecule is COCCCOc1cc(C#N)cc(C)n1. The van der Waals surface area contributed by atoms with Crippen LogP contribution in [-0.4, -0.2) is 25.3 Å². The fraction of sp³-hybridized carbons (Fsp3) is 0.455. The topological polar surface area (TPSA) is 55.1 Å². The quantitative estimate of drug-likeness (QED) is 0.688. The summed E-state index contributed by atoms with van der Waals surface area (Å²) in [6, 6.07) is 5.43. The van der Waals surface area contributed by atoms with Crippen LogP contribution in [0.15, 0.2) is 12.1 Å². The number of ether oxygens (including phenoxy) is 2. The molecule has 0 aliphatic heterocycles. The van der Waals surface area contributed by atoms with E-state index in [0.29, 0.717) is 24.7 Å². The Hall–Kier alpha value is -1.60. The van der Waals surface area contributed by atoms with Gasteiger partial charge < -0.3 is 9.47 Å². The second kappa shape index (κ2) is 5.99. The highest BCUT2D eigenvalue weighted by molar-refractivity contribution is 5.33. The van der Waals surface area contributed by atoms with Crippen molar-refractivity contribution in [3.05, 3.63) is 23.4 Å². The van der Waals surface area contributed by atoms with Crippen molar-refractivity contribution < 1.29 is 9.47 Å². The van der Waals surface area contributed by atoms with Crippen LogP contribution in [0.1, 0.15) is 17.7 Å². The molecule has 1 aromatic rings. The Labute approximate surface area is 89.5 Å². The molecule has 15 heavy (non-hydrogen) atoms. The van der Waals surface area contributed by atoms with Crippen molar-refractivity contribution in [2.75, 3.05) is 20.3 Å². The molecule has 80 valence electrons. The van der Waals surface area contributed by atoms with E-state index in [-0.39, 0.29) is 0 Å². The van der Waals surface area contributed by atoms with Gasteiger partial charge in [0.25, 0.3) is 0 Å². The van der Waals surface area contributed by atoms with Gasteiger partial charge in [0, 0.05) is 31.9 Å². The number of aromatic nitrogens is 1. The minimum Gasteiger partial charge on any atom is -0.478 e. The summed E-state index contributed by atoms with van der Waals surface area (Å²) in [5.41, 5.74) is 1.36. The largest absolute Gasteiger partial charge is 0.478 e. The summed E-state index contributed by atoms with van der Waals surface area (Å²) < 4.78 is 10.3. The van der Waals surface area contributed by atoms with Crippen LogP contribution in [0.2, 0.25) is 0 Å². The van der Waals surface area contributed by atoms with Crippen LogP contribution < -0.4 is 4.74 Å². The zero-order valence-corrected chi connectivity index (χ0v) is 8.99.